The van der Waals surface area contributed by atoms with Gasteiger partial charge in [0.1, 0.15) is 4.60 Å². The second-order valence-electron chi connectivity index (χ2n) is 4.62. The Hall–Kier alpha value is -2.21. The molecule has 1 aromatic carbocycles. The summed E-state index contributed by atoms with van der Waals surface area (Å²) in [4.78, 5) is 25.6. The van der Waals surface area contributed by atoms with Crippen molar-refractivity contribution in [1.29, 1.82) is 0 Å². The summed E-state index contributed by atoms with van der Waals surface area (Å²) in [5, 5.41) is 1.06. The average Bonchev–Trinajstić information content (AvgIpc) is 3.00. The van der Waals surface area contributed by atoms with Gasteiger partial charge in [0.15, 0.2) is 5.82 Å². The third-order valence-electron chi connectivity index (χ3n) is 3.37. The Kier molecular flexibility index (Phi) is 2.40. The molecule has 0 radical (unpaired) electrons. The van der Waals surface area contributed by atoms with Crippen LogP contribution < -0.4 is 4.90 Å². The van der Waals surface area contributed by atoms with E-state index in [1.54, 1.807) is 11.1 Å². The van der Waals surface area contributed by atoms with E-state index in [9.17, 15) is 4.79 Å². The molecule has 0 unspecified atom stereocenters. The predicted molar refractivity (Wildman–Crippen MR) is 78.9 cm³/mol. The summed E-state index contributed by atoms with van der Waals surface area (Å²) >= 11 is 3.30. The van der Waals surface area contributed by atoms with Crippen molar-refractivity contribution in [1.82, 2.24) is 15.0 Å². The average molecular weight is 329 g/mol. The number of nitrogens with one attached hydrogen (secondary N) is 1. The van der Waals surface area contributed by atoms with Crippen LogP contribution in [0.2, 0.25) is 0 Å². The first kappa shape index (κ1) is 11.6. The number of carbonyl (C=O) groups excluding carboxylic acids is 1. The smallest absolute Gasteiger partial charge is 0.238 e. The van der Waals surface area contributed by atoms with Crippen LogP contribution in [0.3, 0.4) is 0 Å². The van der Waals surface area contributed by atoms with Crippen molar-refractivity contribution in [3.63, 3.8) is 0 Å². The molecule has 3 aromatic rings. The van der Waals surface area contributed by atoms with E-state index in [1.165, 1.54) is 0 Å². The van der Waals surface area contributed by atoms with Gasteiger partial charge >= 0.3 is 0 Å². The monoisotopic (exact) mass is 328 g/mol. The Labute approximate surface area is 122 Å². The second-order valence-corrected chi connectivity index (χ2v) is 5.43. The van der Waals surface area contributed by atoms with E-state index in [1.807, 2.05) is 30.5 Å². The number of nitrogens with zero attached hydrogens (tertiary/aromatic N) is 3. The Morgan fingerprint density at radius 1 is 1.30 bits per heavy atom. The number of fused-ring (bicyclic) bond motifs is 2. The van der Waals surface area contributed by atoms with Gasteiger partial charge < -0.3 is 4.98 Å². The molecule has 3 heterocycles. The zero-order chi connectivity index (χ0) is 13.7. The van der Waals surface area contributed by atoms with Crippen molar-refractivity contribution in [2.45, 2.75) is 6.42 Å². The summed E-state index contributed by atoms with van der Waals surface area (Å²) in [6.45, 7) is 0. The van der Waals surface area contributed by atoms with E-state index in [2.05, 4.69) is 30.9 Å². The lowest BCUT2D eigenvalue weighted by Crippen LogP contribution is -2.21. The summed E-state index contributed by atoms with van der Waals surface area (Å²) in [6, 6.07) is 7.82. The van der Waals surface area contributed by atoms with Gasteiger partial charge in [0.2, 0.25) is 5.91 Å². The van der Waals surface area contributed by atoms with Gasteiger partial charge in [-0.2, -0.15) is 0 Å². The maximum absolute atomic E-state index is 12.2. The molecule has 0 spiro atoms. The minimum atomic E-state index is -0.00649. The van der Waals surface area contributed by atoms with Crippen LogP contribution in [-0.4, -0.2) is 20.9 Å². The van der Waals surface area contributed by atoms with Crippen molar-refractivity contribution < 1.29 is 4.79 Å². The standard InChI is InChI=1S/C14H9BrN4O/c15-12-7-17-11-6-13(20)19(14(11)18-12)9-1-2-10-8(5-9)3-4-16-10/h1-5,7,16H,6H2. The molecule has 0 saturated heterocycles. The van der Waals surface area contributed by atoms with Crippen LogP contribution >= 0.6 is 15.9 Å². The Balaban J connectivity index is 1.89. The van der Waals surface area contributed by atoms with Gasteiger partial charge in [-0.3, -0.25) is 14.7 Å². The number of rotatable bonds is 1. The molecular weight excluding hydrogens is 320 g/mol. The Bertz CT molecular complexity index is 842. The quantitative estimate of drug-likeness (QED) is 0.747. The zero-order valence-corrected chi connectivity index (χ0v) is 11.9. The topological polar surface area (TPSA) is 61.9 Å². The van der Waals surface area contributed by atoms with Crippen molar-refractivity contribution in [3.8, 4) is 0 Å². The van der Waals surface area contributed by atoms with Crippen molar-refractivity contribution in [2.75, 3.05) is 4.90 Å². The van der Waals surface area contributed by atoms with Gasteiger partial charge in [-0.15, -0.1) is 0 Å². The highest BCUT2D eigenvalue weighted by atomic mass is 79.9. The van der Waals surface area contributed by atoms with Crippen molar-refractivity contribution in [3.05, 3.63) is 47.0 Å². The van der Waals surface area contributed by atoms with Crippen molar-refractivity contribution >= 4 is 44.2 Å². The second kappa shape index (κ2) is 4.14. The largest absolute Gasteiger partial charge is 0.361 e. The number of hydrogen-bond donors (Lipinski definition) is 1. The van der Waals surface area contributed by atoms with E-state index in [-0.39, 0.29) is 5.91 Å². The Morgan fingerprint density at radius 2 is 2.20 bits per heavy atom. The molecule has 0 bridgehead atoms. The van der Waals surface area contributed by atoms with Crippen LogP contribution in [-0.2, 0) is 11.2 Å². The number of carbonyl (C=O) groups is 1. The molecule has 0 aliphatic carbocycles. The normalized spacial score (nSPS) is 14.1. The summed E-state index contributed by atoms with van der Waals surface area (Å²) in [5.74, 6) is 0.604. The Morgan fingerprint density at radius 3 is 3.10 bits per heavy atom. The molecule has 1 amide bonds. The molecule has 1 N–H and O–H groups in total. The van der Waals surface area contributed by atoms with E-state index in [4.69, 9.17) is 0 Å². The highest BCUT2D eigenvalue weighted by Gasteiger charge is 2.31. The fourth-order valence-electron chi connectivity index (χ4n) is 2.47. The molecule has 1 aliphatic heterocycles. The molecule has 0 atom stereocenters. The van der Waals surface area contributed by atoms with E-state index >= 15 is 0 Å². The number of halogens is 1. The number of aromatic amines is 1. The van der Waals surface area contributed by atoms with E-state index in [0.717, 1.165) is 16.6 Å². The summed E-state index contributed by atoms with van der Waals surface area (Å²) in [5.41, 5.74) is 2.57. The minimum absolute atomic E-state index is 0.00649. The van der Waals surface area contributed by atoms with Gasteiger partial charge in [0.05, 0.1) is 24.0 Å². The summed E-state index contributed by atoms with van der Waals surface area (Å²) in [7, 11) is 0. The van der Waals surface area contributed by atoms with Gasteiger partial charge in [-0.25, -0.2) is 4.98 Å². The molecule has 4 rings (SSSR count). The highest BCUT2D eigenvalue weighted by molar-refractivity contribution is 9.10. The van der Waals surface area contributed by atoms with Gasteiger partial charge in [0.25, 0.3) is 0 Å². The lowest BCUT2D eigenvalue weighted by atomic mass is 10.2. The summed E-state index contributed by atoms with van der Waals surface area (Å²) < 4.78 is 0.624. The van der Waals surface area contributed by atoms with Crippen molar-refractivity contribution in [2.24, 2.45) is 0 Å². The summed E-state index contributed by atoms with van der Waals surface area (Å²) in [6.07, 6.45) is 3.79. The van der Waals surface area contributed by atoms with Crippen LogP contribution in [0, 0.1) is 0 Å². The van der Waals surface area contributed by atoms with Crippen LogP contribution in [0.5, 0.6) is 0 Å². The van der Waals surface area contributed by atoms with E-state index in [0.29, 0.717) is 22.5 Å². The van der Waals surface area contributed by atoms with Gasteiger partial charge in [-0.05, 0) is 40.2 Å². The molecule has 1 aliphatic rings. The number of amides is 1. The first-order valence-electron chi connectivity index (χ1n) is 6.14. The molecule has 2 aromatic heterocycles. The maximum atomic E-state index is 12.2. The third-order valence-corrected chi connectivity index (χ3v) is 3.75. The molecule has 0 saturated carbocycles. The lowest BCUT2D eigenvalue weighted by Gasteiger charge is -2.16. The molecule has 5 nitrogen and oxygen atoms in total. The first-order chi connectivity index (χ1) is 9.72. The number of H-pyrrole nitrogens is 1. The predicted octanol–water partition coefficient (Wildman–Crippen LogP) is 2.94. The number of anilines is 2. The third kappa shape index (κ3) is 1.65. The highest BCUT2D eigenvalue weighted by Crippen LogP contribution is 2.34. The molecule has 0 fully saturated rings. The zero-order valence-electron chi connectivity index (χ0n) is 10.3. The van der Waals surface area contributed by atoms with Gasteiger partial charge in [0, 0.05) is 17.1 Å². The van der Waals surface area contributed by atoms with Crippen LogP contribution in [0.15, 0.2) is 41.3 Å². The van der Waals surface area contributed by atoms with Crippen LogP contribution in [0.1, 0.15) is 5.69 Å². The minimum Gasteiger partial charge on any atom is -0.361 e. The fraction of sp³-hybridized carbons (Fsp3) is 0.0714. The molecule has 6 heteroatoms. The SMILES string of the molecule is O=C1Cc2ncc(Br)nc2N1c1ccc2[nH]ccc2c1. The van der Waals surface area contributed by atoms with E-state index < -0.39 is 0 Å². The van der Waals surface area contributed by atoms with Crippen LogP contribution in [0.4, 0.5) is 11.5 Å². The molecule has 20 heavy (non-hydrogen) atoms. The van der Waals surface area contributed by atoms with Gasteiger partial charge in [-0.1, -0.05) is 0 Å². The fourth-order valence-corrected chi connectivity index (χ4v) is 2.74. The molecular formula is C14H9BrN4O. The van der Waals surface area contributed by atoms with Crippen LogP contribution in [0.25, 0.3) is 10.9 Å². The first-order valence-corrected chi connectivity index (χ1v) is 6.93. The molecule has 98 valence electrons. The number of hydrogen-bond acceptors (Lipinski definition) is 3. The lowest BCUT2D eigenvalue weighted by molar-refractivity contribution is -0.116. The maximum Gasteiger partial charge on any atom is 0.238 e. The number of aromatic nitrogens is 3. The number of benzene rings is 1.